The predicted octanol–water partition coefficient (Wildman–Crippen LogP) is 3.03. The lowest BCUT2D eigenvalue weighted by atomic mass is 9.90. The second-order valence-electron chi connectivity index (χ2n) is 5.90. The first-order valence-electron chi connectivity index (χ1n) is 7.41. The van der Waals surface area contributed by atoms with Gasteiger partial charge in [-0.25, -0.2) is 0 Å². The van der Waals surface area contributed by atoms with E-state index in [0.717, 1.165) is 34.5 Å². The van der Waals surface area contributed by atoms with Gasteiger partial charge in [0.1, 0.15) is 5.69 Å². The summed E-state index contributed by atoms with van der Waals surface area (Å²) in [4.78, 5) is 0.223. The molecule has 0 aliphatic heterocycles. The molecule has 0 N–H and O–H groups in total. The molecule has 22 heavy (non-hydrogen) atoms. The van der Waals surface area contributed by atoms with Gasteiger partial charge in [0.05, 0.1) is 11.1 Å². The van der Waals surface area contributed by atoms with Crippen LogP contribution < -0.4 is 0 Å². The third-order valence-corrected chi connectivity index (χ3v) is 5.58. The zero-order valence-electron chi connectivity index (χ0n) is 12.7. The molecule has 0 bridgehead atoms. The summed E-state index contributed by atoms with van der Waals surface area (Å²) < 4.78 is 26.0. The van der Waals surface area contributed by atoms with Crippen molar-refractivity contribution in [3.63, 3.8) is 0 Å². The van der Waals surface area contributed by atoms with Crippen LogP contribution in [0.1, 0.15) is 37.4 Å². The van der Waals surface area contributed by atoms with Crippen molar-refractivity contribution < 1.29 is 8.42 Å². The molecule has 1 heterocycles. The zero-order chi connectivity index (χ0) is 15.7. The average molecular weight is 317 g/mol. The molecular formula is C16H19N3O2S. The lowest BCUT2D eigenvalue weighted by Gasteiger charge is -2.16. The van der Waals surface area contributed by atoms with E-state index >= 15 is 0 Å². The quantitative estimate of drug-likeness (QED) is 0.873. The smallest absolute Gasteiger partial charge is 0.199 e. The summed E-state index contributed by atoms with van der Waals surface area (Å²) in [6.45, 7) is 4.13. The Labute approximate surface area is 130 Å². The number of hydrogen-bond acceptors (Lipinski definition) is 4. The molecule has 0 saturated heterocycles. The van der Waals surface area contributed by atoms with E-state index in [1.807, 2.05) is 6.92 Å². The average Bonchev–Trinajstić information content (AvgIpc) is 2.99. The maximum absolute atomic E-state index is 12.5. The fourth-order valence-corrected chi connectivity index (χ4v) is 3.60. The molecule has 1 unspecified atom stereocenters. The van der Waals surface area contributed by atoms with Gasteiger partial charge in [-0.1, -0.05) is 35.9 Å². The van der Waals surface area contributed by atoms with Gasteiger partial charge >= 0.3 is 0 Å². The van der Waals surface area contributed by atoms with Crippen LogP contribution in [0.15, 0.2) is 41.4 Å². The van der Waals surface area contributed by atoms with Crippen molar-refractivity contribution in [1.29, 1.82) is 0 Å². The number of rotatable bonds is 3. The third-order valence-electron chi connectivity index (χ3n) is 4.04. The van der Waals surface area contributed by atoms with Crippen LogP contribution in [-0.2, 0) is 10.0 Å². The molecule has 1 atom stereocenters. The molecule has 1 aromatic carbocycles. The molecule has 1 aromatic heterocycles. The Morgan fingerprint density at radius 2 is 1.95 bits per heavy atom. The van der Waals surface area contributed by atoms with Gasteiger partial charge < -0.3 is 0 Å². The lowest BCUT2D eigenvalue weighted by Crippen LogP contribution is -2.13. The van der Waals surface area contributed by atoms with Crippen LogP contribution in [0.5, 0.6) is 0 Å². The molecule has 2 aromatic rings. The zero-order valence-corrected chi connectivity index (χ0v) is 13.5. The molecule has 3 rings (SSSR count). The van der Waals surface area contributed by atoms with Crippen LogP contribution in [-0.4, -0.2) is 22.8 Å². The number of nitrogens with zero attached hydrogens (tertiary/aromatic N) is 3. The van der Waals surface area contributed by atoms with Crippen LogP contribution in [0.25, 0.3) is 5.57 Å². The topological polar surface area (TPSA) is 64.8 Å². The van der Waals surface area contributed by atoms with Crippen molar-refractivity contribution >= 4 is 15.6 Å². The molecule has 0 spiro atoms. The van der Waals surface area contributed by atoms with Crippen molar-refractivity contribution in [3.05, 3.63) is 47.8 Å². The van der Waals surface area contributed by atoms with E-state index in [4.69, 9.17) is 0 Å². The van der Waals surface area contributed by atoms with Gasteiger partial charge in [0.25, 0.3) is 10.0 Å². The second-order valence-corrected chi connectivity index (χ2v) is 7.70. The number of allylic oxidation sites excluding steroid dienone is 2. The minimum Gasteiger partial charge on any atom is -0.199 e. The van der Waals surface area contributed by atoms with Crippen molar-refractivity contribution in [1.82, 2.24) is 14.4 Å². The fourth-order valence-electron chi connectivity index (χ4n) is 2.53. The second kappa shape index (κ2) is 5.68. The Bertz CT molecular complexity index is 804. The molecule has 5 nitrogen and oxygen atoms in total. The highest BCUT2D eigenvalue weighted by Gasteiger charge is 2.21. The van der Waals surface area contributed by atoms with Gasteiger partial charge in [0.2, 0.25) is 0 Å². The highest BCUT2D eigenvalue weighted by molar-refractivity contribution is 7.89. The van der Waals surface area contributed by atoms with Crippen molar-refractivity contribution in [2.75, 3.05) is 0 Å². The summed E-state index contributed by atoms with van der Waals surface area (Å²) >= 11 is 0. The number of benzene rings is 1. The van der Waals surface area contributed by atoms with Gasteiger partial charge in [-0.05, 0) is 49.8 Å². The Kier molecular flexibility index (Phi) is 3.87. The highest BCUT2D eigenvalue weighted by Crippen LogP contribution is 2.29. The maximum Gasteiger partial charge on any atom is 0.284 e. The van der Waals surface area contributed by atoms with E-state index in [1.54, 1.807) is 24.3 Å². The van der Waals surface area contributed by atoms with Gasteiger partial charge in [-0.3, -0.25) is 0 Å². The molecule has 116 valence electrons. The molecule has 6 heteroatoms. The minimum atomic E-state index is -3.67. The molecule has 0 amide bonds. The Balaban J connectivity index is 1.91. The van der Waals surface area contributed by atoms with E-state index in [0.29, 0.717) is 11.6 Å². The number of hydrogen-bond donors (Lipinski definition) is 0. The van der Waals surface area contributed by atoms with E-state index in [9.17, 15) is 8.42 Å². The monoisotopic (exact) mass is 317 g/mol. The SMILES string of the molecule is Cc1ccc(S(=O)(=O)n2cc(C3=CCC(C)CC3)nn2)cc1. The lowest BCUT2D eigenvalue weighted by molar-refractivity contribution is 0.533. The van der Waals surface area contributed by atoms with Gasteiger partial charge in [-0.15, -0.1) is 9.19 Å². The summed E-state index contributed by atoms with van der Waals surface area (Å²) in [6, 6.07) is 6.73. The molecule has 0 radical (unpaired) electrons. The first kappa shape index (κ1) is 15.0. The standard InChI is InChI=1S/C16H19N3O2S/c1-12-3-7-14(8-4-12)16-11-19(18-17-16)22(20,21)15-9-5-13(2)6-10-15/h5-7,9-12H,3-4,8H2,1-2H3. The van der Waals surface area contributed by atoms with Gasteiger partial charge in [-0.2, -0.15) is 8.42 Å². The fraction of sp³-hybridized carbons (Fsp3) is 0.375. The van der Waals surface area contributed by atoms with Crippen LogP contribution in [0.4, 0.5) is 0 Å². The van der Waals surface area contributed by atoms with E-state index in [-0.39, 0.29) is 4.90 Å². The summed E-state index contributed by atoms with van der Waals surface area (Å²) in [5.41, 5.74) is 2.76. The predicted molar refractivity (Wildman–Crippen MR) is 84.8 cm³/mol. The van der Waals surface area contributed by atoms with Crippen LogP contribution in [0.2, 0.25) is 0 Å². The first-order chi connectivity index (χ1) is 10.5. The van der Waals surface area contributed by atoms with Gasteiger partial charge in [0.15, 0.2) is 0 Å². The molecule has 1 aliphatic rings. The molecule has 1 aliphatic carbocycles. The summed E-state index contributed by atoms with van der Waals surface area (Å²) in [7, 11) is -3.67. The molecular weight excluding hydrogens is 298 g/mol. The van der Waals surface area contributed by atoms with Crippen LogP contribution in [0.3, 0.4) is 0 Å². The molecule has 0 saturated carbocycles. The summed E-state index contributed by atoms with van der Waals surface area (Å²) in [5, 5.41) is 7.86. The summed E-state index contributed by atoms with van der Waals surface area (Å²) in [5.74, 6) is 0.676. The van der Waals surface area contributed by atoms with E-state index in [2.05, 4.69) is 23.3 Å². The molecule has 0 fully saturated rings. The van der Waals surface area contributed by atoms with Crippen molar-refractivity contribution in [2.45, 2.75) is 38.0 Å². The van der Waals surface area contributed by atoms with Crippen LogP contribution >= 0.6 is 0 Å². The van der Waals surface area contributed by atoms with Crippen molar-refractivity contribution in [3.8, 4) is 0 Å². The van der Waals surface area contributed by atoms with Crippen molar-refractivity contribution in [2.24, 2.45) is 5.92 Å². The van der Waals surface area contributed by atoms with Crippen LogP contribution in [0, 0.1) is 12.8 Å². The number of aryl methyl sites for hydroxylation is 1. The Hall–Kier alpha value is -1.95. The summed E-state index contributed by atoms with van der Waals surface area (Å²) in [6.07, 6.45) is 6.68. The maximum atomic E-state index is 12.5. The Morgan fingerprint density at radius 3 is 2.59 bits per heavy atom. The minimum absolute atomic E-state index is 0.223. The highest BCUT2D eigenvalue weighted by atomic mass is 32.2. The Morgan fingerprint density at radius 1 is 1.23 bits per heavy atom. The van der Waals surface area contributed by atoms with Gasteiger partial charge in [0, 0.05) is 0 Å². The van der Waals surface area contributed by atoms with E-state index < -0.39 is 10.0 Å². The number of aromatic nitrogens is 3. The third kappa shape index (κ3) is 2.83. The largest absolute Gasteiger partial charge is 0.284 e. The first-order valence-corrected chi connectivity index (χ1v) is 8.85. The van der Waals surface area contributed by atoms with E-state index in [1.165, 1.54) is 6.20 Å². The normalized spacial score (nSPS) is 19.0.